The molecule has 0 heterocycles. The molecule has 0 spiro atoms. The second kappa shape index (κ2) is 12.8. The minimum absolute atomic E-state index is 0. The Bertz CT molecular complexity index is 224. The van der Waals surface area contributed by atoms with Crippen molar-refractivity contribution < 1.29 is 39.7 Å². The summed E-state index contributed by atoms with van der Waals surface area (Å²) >= 11 is 0. The Morgan fingerprint density at radius 2 is 1.94 bits per heavy atom. The van der Waals surface area contributed by atoms with Crippen molar-refractivity contribution in [2.45, 2.75) is 52.1 Å². The maximum absolute atomic E-state index is 11.4. The van der Waals surface area contributed by atoms with Crippen molar-refractivity contribution >= 4 is 14.0 Å². The van der Waals surface area contributed by atoms with Crippen molar-refractivity contribution in [2.75, 3.05) is 13.3 Å². The molecule has 0 amide bonds. The van der Waals surface area contributed by atoms with Crippen LogP contribution in [-0.2, 0) is 39.7 Å². The molecule has 0 rings (SSSR count). The van der Waals surface area contributed by atoms with Crippen LogP contribution < -0.4 is 0 Å². The fraction of sp³-hybridized carbons (Fsp3) is 0.909. The zero-order valence-electron chi connectivity index (χ0n) is 10.9. The molecule has 0 aromatic rings. The smallest absolute Gasteiger partial charge is 0.306 e. The van der Waals surface area contributed by atoms with Crippen molar-refractivity contribution in [2.24, 2.45) is 0 Å². The maximum atomic E-state index is 11.4. The van der Waals surface area contributed by atoms with Gasteiger partial charge in [-0.1, -0.05) is 26.7 Å². The molecule has 6 heteroatoms. The Morgan fingerprint density at radius 3 is 2.41 bits per heavy atom. The molecule has 0 aromatic heterocycles. The molecule has 102 valence electrons. The van der Waals surface area contributed by atoms with Crippen molar-refractivity contribution in [1.29, 1.82) is 0 Å². The van der Waals surface area contributed by atoms with E-state index in [9.17, 15) is 9.36 Å². The first kappa shape index (κ1) is 19.7. The molecule has 0 saturated carbocycles. The monoisotopic (exact) mass is 348 g/mol. The third-order valence-corrected chi connectivity index (χ3v) is 2.78. The van der Waals surface area contributed by atoms with Crippen molar-refractivity contribution in [3.05, 3.63) is 0 Å². The van der Waals surface area contributed by atoms with Crippen LogP contribution in [0.2, 0.25) is 0 Å². The Kier molecular flexibility index (Phi) is 14.8. The first-order valence-corrected chi connectivity index (χ1v) is 7.74. The molecule has 0 N–H and O–H groups in total. The molecule has 0 aliphatic carbocycles. The molecule has 1 unspecified atom stereocenters. The van der Waals surface area contributed by atoms with E-state index in [4.69, 9.17) is 9.26 Å². The van der Waals surface area contributed by atoms with E-state index >= 15 is 0 Å². The van der Waals surface area contributed by atoms with Gasteiger partial charge in [0.1, 0.15) is 6.10 Å². The molecule has 0 saturated heterocycles. The molecule has 0 radical (unpaired) electrons. The van der Waals surface area contributed by atoms with Crippen LogP contribution in [-0.4, -0.2) is 25.3 Å². The van der Waals surface area contributed by atoms with Gasteiger partial charge in [-0.15, -0.1) is 0 Å². The molecule has 2 atom stereocenters. The van der Waals surface area contributed by atoms with Crippen LogP contribution in [0.15, 0.2) is 0 Å². The second-order valence-electron chi connectivity index (χ2n) is 3.78. The minimum atomic E-state index is -1.94. The van der Waals surface area contributed by atoms with Crippen molar-refractivity contribution in [1.82, 2.24) is 0 Å². The SMILES string of the molecule is CCCCCC(=O)O[C@H](CC)CO[PH](C)=O.[Mo]. The molecular weight excluding hydrogens is 323 g/mol. The Hall–Kier alpha value is 0.348. The number of ether oxygens (including phenoxy) is 1. The quantitative estimate of drug-likeness (QED) is 0.279. The van der Waals surface area contributed by atoms with E-state index in [0.717, 1.165) is 19.3 Å². The van der Waals surface area contributed by atoms with Gasteiger partial charge in [0.15, 0.2) is 8.03 Å². The predicted octanol–water partition coefficient (Wildman–Crippen LogP) is 3.01. The van der Waals surface area contributed by atoms with Gasteiger partial charge >= 0.3 is 5.97 Å². The standard InChI is InChI=1S/C11H23O4P.Mo/c1-4-6-7-8-11(12)15-10(5-2)9-14-16(3)13;/h10,16H,4-9H2,1-3H3;/t10-;/m1./s1. The van der Waals surface area contributed by atoms with Gasteiger partial charge in [0.25, 0.3) is 0 Å². The van der Waals surface area contributed by atoms with Crippen molar-refractivity contribution in [3.63, 3.8) is 0 Å². The van der Waals surface area contributed by atoms with Gasteiger partial charge in [-0.25, -0.2) is 0 Å². The van der Waals surface area contributed by atoms with Gasteiger partial charge in [0, 0.05) is 34.2 Å². The molecular formula is C11H23MoO4P. The molecule has 0 aliphatic rings. The van der Waals surface area contributed by atoms with E-state index in [1.807, 2.05) is 6.92 Å². The first-order chi connectivity index (χ1) is 7.60. The van der Waals surface area contributed by atoms with E-state index in [1.54, 1.807) is 0 Å². The molecule has 0 bridgehead atoms. The van der Waals surface area contributed by atoms with E-state index in [-0.39, 0.29) is 39.7 Å². The summed E-state index contributed by atoms with van der Waals surface area (Å²) in [4.78, 5) is 11.4. The number of carbonyl (C=O) groups is 1. The summed E-state index contributed by atoms with van der Waals surface area (Å²) in [6.07, 6.45) is 3.90. The Balaban J connectivity index is 0. The summed E-state index contributed by atoms with van der Waals surface area (Å²) in [6, 6.07) is 0. The van der Waals surface area contributed by atoms with Crippen molar-refractivity contribution in [3.8, 4) is 0 Å². The molecule has 0 fully saturated rings. The van der Waals surface area contributed by atoms with Gasteiger partial charge < -0.3 is 9.26 Å². The van der Waals surface area contributed by atoms with E-state index in [2.05, 4.69) is 6.92 Å². The Morgan fingerprint density at radius 1 is 1.29 bits per heavy atom. The van der Waals surface area contributed by atoms with Crippen LogP contribution in [0.1, 0.15) is 46.0 Å². The zero-order valence-corrected chi connectivity index (χ0v) is 13.9. The van der Waals surface area contributed by atoms with Gasteiger partial charge in [-0.2, -0.15) is 0 Å². The topological polar surface area (TPSA) is 52.6 Å². The van der Waals surface area contributed by atoms with Crippen LogP contribution in [0.25, 0.3) is 0 Å². The second-order valence-corrected chi connectivity index (χ2v) is 5.05. The molecule has 4 nitrogen and oxygen atoms in total. The largest absolute Gasteiger partial charge is 0.460 e. The third kappa shape index (κ3) is 12.6. The number of rotatable bonds is 9. The number of hydrogen-bond acceptors (Lipinski definition) is 4. The summed E-state index contributed by atoms with van der Waals surface area (Å²) in [7, 11) is -1.94. The fourth-order valence-corrected chi connectivity index (χ4v) is 1.63. The molecule has 0 aromatic carbocycles. The van der Waals surface area contributed by atoms with Gasteiger partial charge in [0.2, 0.25) is 0 Å². The first-order valence-electron chi connectivity index (χ1n) is 5.93. The zero-order chi connectivity index (χ0) is 12.4. The summed E-state index contributed by atoms with van der Waals surface area (Å²) in [5, 5.41) is 0. The van der Waals surface area contributed by atoms with Crippen LogP contribution in [0, 0.1) is 0 Å². The van der Waals surface area contributed by atoms with Crippen LogP contribution in [0.3, 0.4) is 0 Å². The number of esters is 1. The Labute approximate surface area is 119 Å². The average molecular weight is 346 g/mol. The average Bonchev–Trinajstić information content (AvgIpc) is 2.24. The summed E-state index contributed by atoms with van der Waals surface area (Å²) < 4.78 is 21.0. The summed E-state index contributed by atoms with van der Waals surface area (Å²) in [5.41, 5.74) is 0. The number of unbranched alkanes of at least 4 members (excludes halogenated alkanes) is 2. The van der Waals surface area contributed by atoms with E-state index in [0.29, 0.717) is 12.8 Å². The minimum Gasteiger partial charge on any atom is -0.460 e. The third-order valence-electron chi connectivity index (χ3n) is 2.21. The maximum Gasteiger partial charge on any atom is 0.306 e. The predicted molar refractivity (Wildman–Crippen MR) is 65.2 cm³/mol. The number of hydrogen-bond donors (Lipinski definition) is 0. The van der Waals surface area contributed by atoms with Crippen LogP contribution in [0.4, 0.5) is 0 Å². The van der Waals surface area contributed by atoms with Crippen LogP contribution >= 0.6 is 8.03 Å². The molecule has 17 heavy (non-hydrogen) atoms. The van der Waals surface area contributed by atoms with E-state index in [1.165, 1.54) is 6.66 Å². The van der Waals surface area contributed by atoms with Gasteiger partial charge in [0.05, 0.1) is 6.61 Å². The summed E-state index contributed by atoms with van der Waals surface area (Å²) in [6.45, 7) is 5.78. The van der Waals surface area contributed by atoms with Gasteiger partial charge in [-0.05, 0) is 12.8 Å². The van der Waals surface area contributed by atoms with E-state index < -0.39 is 8.03 Å². The van der Waals surface area contributed by atoms with Gasteiger partial charge in [-0.3, -0.25) is 9.36 Å². The fourth-order valence-electron chi connectivity index (χ4n) is 1.21. The summed E-state index contributed by atoms with van der Waals surface area (Å²) in [5.74, 6) is -0.181. The molecule has 0 aliphatic heterocycles. The normalized spacial score (nSPS) is 13.6. The van der Waals surface area contributed by atoms with Crippen LogP contribution in [0.5, 0.6) is 0 Å². The number of carbonyl (C=O) groups excluding carboxylic acids is 1.